The van der Waals surface area contributed by atoms with Gasteiger partial charge in [-0.05, 0) is 32.9 Å². The van der Waals surface area contributed by atoms with Crippen molar-refractivity contribution in [2.45, 2.75) is 33.0 Å². The summed E-state index contributed by atoms with van der Waals surface area (Å²) in [6, 6.07) is 16.5. The molecule has 0 unspecified atom stereocenters. The lowest BCUT2D eigenvalue weighted by Gasteiger charge is -2.35. The lowest BCUT2D eigenvalue weighted by molar-refractivity contribution is -0.138. The van der Waals surface area contributed by atoms with Crippen LogP contribution < -0.4 is 5.32 Å². The monoisotopic (exact) mass is 428 g/mol. The summed E-state index contributed by atoms with van der Waals surface area (Å²) in [6.07, 6.45) is -0.229. The van der Waals surface area contributed by atoms with Crippen LogP contribution in [0.15, 0.2) is 59.1 Å². The average Bonchev–Trinajstić information content (AvgIpc) is 3.12. The number of rotatable bonds is 2. The van der Waals surface area contributed by atoms with Crippen LogP contribution in [0.5, 0.6) is 0 Å². The minimum atomic E-state index is -0.380. The maximum absolute atomic E-state index is 13.2. The van der Waals surface area contributed by atoms with E-state index in [9.17, 15) is 14.9 Å². The van der Waals surface area contributed by atoms with E-state index in [-0.39, 0.29) is 35.3 Å². The molecule has 2 heterocycles. The number of ether oxygens (including phenoxy) is 1. The molecule has 7 nitrogen and oxygen atoms in total. The largest absolute Gasteiger partial charge is 0.372 e. The normalized spacial score (nSPS) is 21.3. The summed E-state index contributed by atoms with van der Waals surface area (Å²) in [6.45, 7) is 6.56. The zero-order valence-electron chi connectivity index (χ0n) is 18.3. The van der Waals surface area contributed by atoms with Crippen LogP contribution in [-0.4, -0.2) is 47.8 Å². The van der Waals surface area contributed by atoms with Crippen LogP contribution in [0, 0.1) is 18.3 Å². The van der Waals surface area contributed by atoms with E-state index in [0.717, 1.165) is 5.56 Å². The molecule has 1 fully saturated rings. The molecule has 1 saturated heterocycles. The fraction of sp³-hybridized carbons (Fsp3) is 0.280. The topological polar surface area (TPSA) is 94.8 Å². The summed E-state index contributed by atoms with van der Waals surface area (Å²) in [5.74, 6) is -0.361. The van der Waals surface area contributed by atoms with Gasteiger partial charge in [-0.3, -0.25) is 9.59 Å². The predicted molar refractivity (Wildman–Crippen MR) is 121 cm³/mol. The quantitative estimate of drug-likeness (QED) is 0.588. The van der Waals surface area contributed by atoms with Crippen molar-refractivity contribution in [3.05, 3.63) is 76.4 Å². The highest BCUT2D eigenvalue weighted by molar-refractivity contribution is 6.20. The summed E-state index contributed by atoms with van der Waals surface area (Å²) in [5, 5.41) is 12.7. The van der Waals surface area contributed by atoms with Crippen molar-refractivity contribution < 1.29 is 14.3 Å². The lowest BCUT2D eigenvalue weighted by Crippen LogP contribution is -2.48. The smallest absolute Gasteiger partial charge is 0.266 e. The Morgan fingerprint density at radius 1 is 1.06 bits per heavy atom. The number of aryl methyl sites for hydroxylation is 1. The van der Waals surface area contributed by atoms with Crippen LogP contribution in [0.2, 0.25) is 0 Å². The summed E-state index contributed by atoms with van der Waals surface area (Å²) in [4.78, 5) is 32.1. The maximum Gasteiger partial charge on any atom is 0.266 e. The van der Waals surface area contributed by atoms with E-state index in [1.54, 1.807) is 23.1 Å². The number of amides is 2. The van der Waals surface area contributed by atoms with Gasteiger partial charge in [0.05, 0.1) is 17.9 Å². The Hall–Kier alpha value is -3.76. The molecule has 0 aromatic heterocycles. The number of carbonyl (C=O) groups excluding carboxylic acids is 2. The number of hydrogen-bond acceptors (Lipinski definition) is 5. The molecule has 0 aliphatic carbocycles. The number of nitriles is 1. The number of morpholine rings is 1. The molecule has 162 valence electrons. The zero-order valence-corrected chi connectivity index (χ0v) is 18.3. The van der Waals surface area contributed by atoms with Crippen molar-refractivity contribution in [3.63, 3.8) is 0 Å². The molecule has 0 spiro atoms. The van der Waals surface area contributed by atoms with Crippen LogP contribution >= 0.6 is 0 Å². The number of nitrogens with one attached hydrogen (secondary N) is 1. The molecule has 1 N–H and O–H groups in total. The van der Waals surface area contributed by atoms with E-state index >= 15 is 0 Å². The van der Waals surface area contributed by atoms with Gasteiger partial charge in [-0.15, -0.1) is 0 Å². The van der Waals surface area contributed by atoms with Crippen molar-refractivity contribution in [2.75, 3.05) is 13.1 Å². The fourth-order valence-corrected chi connectivity index (χ4v) is 4.00. The second kappa shape index (κ2) is 8.77. The first-order chi connectivity index (χ1) is 15.4. The van der Waals surface area contributed by atoms with Crippen molar-refractivity contribution in [2.24, 2.45) is 4.99 Å². The highest BCUT2D eigenvalue weighted by atomic mass is 16.5. The van der Waals surface area contributed by atoms with Gasteiger partial charge in [0.15, 0.2) is 0 Å². The standard InChI is InChI=1S/C25H24N4O3/c1-15-8-10-18(11-9-15)24(30)28-23-20-7-5-4-6-19(20)22(27-23)21(12-26)25(31)29-13-16(2)32-17(3)14-29/h4-11,16-17H,13-14H2,1-3H3,(H,27,28,30)/b22-21-/t16-,17-/m0/s1. The summed E-state index contributed by atoms with van der Waals surface area (Å²) < 4.78 is 5.70. The molecule has 0 radical (unpaired) electrons. The Kier molecular flexibility index (Phi) is 5.89. The number of fused-ring (bicyclic) bond motifs is 1. The molecule has 0 bridgehead atoms. The molecule has 32 heavy (non-hydrogen) atoms. The minimum absolute atomic E-state index is 0.0432. The predicted octanol–water partition coefficient (Wildman–Crippen LogP) is 3.06. The van der Waals surface area contributed by atoms with E-state index in [2.05, 4.69) is 16.4 Å². The number of amidine groups is 1. The first-order valence-electron chi connectivity index (χ1n) is 10.5. The van der Waals surface area contributed by atoms with Gasteiger partial charge in [-0.1, -0.05) is 42.0 Å². The maximum atomic E-state index is 13.2. The Morgan fingerprint density at radius 2 is 1.69 bits per heavy atom. The molecular weight excluding hydrogens is 404 g/mol. The third-order valence-corrected chi connectivity index (χ3v) is 5.48. The third-order valence-electron chi connectivity index (χ3n) is 5.48. The van der Waals surface area contributed by atoms with Crippen molar-refractivity contribution in [1.29, 1.82) is 5.26 Å². The van der Waals surface area contributed by atoms with Crippen LogP contribution in [0.1, 0.15) is 40.9 Å². The SMILES string of the molecule is Cc1ccc(C(=O)NC2=N/C(=C(/C#N)C(=O)N3C[C@H](C)O[C@@H](C)C3)c3ccccc32)cc1. The van der Waals surface area contributed by atoms with Crippen LogP contribution in [0.4, 0.5) is 0 Å². The van der Waals surface area contributed by atoms with Crippen LogP contribution in [-0.2, 0) is 9.53 Å². The lowest BCUT2D eigenvalue weighted by atomic mass is 10.0. The fourth-order valence-electron chi connectivity index (χ4n) is 4.00. The molecular formula is C25H24N4O3. The van der Waals surface area contributed by atoms with Gasteiger partial charge in [-0.25, -0.2) is 4.99 Å². The summed E-state index contributed by atoms with van der Waals surface area (Å²) >= 11 is 0. The molecule has 2 aliphatic heterocycles. The minimum Gasteiger partial charge on any atom is -0.372 e. The molecule has 7 heteroatoms. The van der Waals surface area contributed by atoms with Gasteiger partial charge in [0, 0.05) is 29.8 Å². The molecule has 4 rings (SSSR count). The Bertz CT molecular complexity index is 1160. The molecule has 2 aromatic carbocycles. The Labute approximate surface area is 187 Å². The third kappa shape index (κ3) is 4.18. The number of carbonyl (C=O) groups is 2. The van der Waals surface area contributed by atoms with Crippen molar-refractivity contribution in [1.82, 2.24) is 10.2 Å². The first kappa shape index (κ1) is 21.5. The van der Waals surface area contributed by atoms with Gasteiger partial charge in [-0.2, -0.15) is 5.26 Å². The summed E-state index contributed by atoms with van der Waals surface area (Å²) in [5.41, 5.74) is 3.11. The zero-order chi connectivity index (χ0) is 22.8. The van der Waals surface area contributed by atoms with Crippen LogP contribution in [0.25, 0.3) is 5.70 Å². The van der Waals surface area contributed by atoms with Crippen molar-refractivity contribution in [3.8, 4) is 6.07 Å². The second-order valence-corrected chi connectivity index (χ2v) is 8.13. The van der Waals surface area contributed by atoms with E-state index < -0.39 is 0 Å². The van der Waals surface area contributed by atoms with Gasteiger partial charge < -0.3 is 15.0 Å². The van der Waals surface area contributed by atoms with E-state index in [1.807, 2.05) is 51.1 Å². The van der Waals surface area contributed by atoms with E-state index in [4.69, 9.17) is 4.74 Å². The Balaban J connectivity index is 1.69. The van der Waals surface area contributed by atoms with Gasteiger partial charge in [0.25, 0.3) is 11.8 Å². The number of nitrogens with zero attached hydrogens (tertiary/aromatic N) is 3. The van der Waals surface area contributed by atoms with E-state index in [0.29, 0.717) is 35.6 Å². The molecule has 0 saturated carbocycles. The molecule has 2 aromatic rings. The highest BCUT2D eigenvalue weighted by Crippen LogP contribution is 2.31. The second-order valence-electron chi connectivity index (χ2n) is 8.13. The number of aliphatic imine (C=N–C) groups is 1. The van der Waals surface area contributed by atoms with Crippen molar-refractivity contribution >= 4 is 23.3 Å². The van der Waals surface area contributed by atoms with Crippen LogP contribution in [0.3, 0.4) is 0 Å². The average molecular weight is 428 g/mol. The molecule has 2 aliphatic rings. The van der Waals surface area contributed by atoms with Gasteiger partial charge in [0.1, 0.15) is 17.5 Å². The molecule has 2 amide bonds. The Morgan fingerprint density at radius 3 is 2.31 bits per heavy atom. The molecule has 2 atom stereocenters. The number of hydrogen-bond donors (Lipinski definition) is 1. The summed E-state index contributed by atoms with van der Waals surface area (Å²) in [7, 11) is 0. The van der Waals surface area contributed by atoms with Gasteiger partial charge >= 0.3 is 0 Å². The van der Waals surface area contributed by atoms with E-state index in [1.165, 1.54) is 0 Å². The highest BCUT2D eigenvalue weighted by Gasteiger charge is 2.32. The first-order valence-corrected chi connectivity index (χ1v) is 10.5. The van der Waals surface area contributed by atoms with Gasteiger partial charge in [0.2, 0.25) is 0 Å². The number of benzene rings is 2.